The van der Waals surface area contributed by atoms with Crippen LogP contribution in [-0.4, -0.2) is 45.2 Å². The molecule has 37 heavy (non-hydrogen) atoms. The number of hydrogen-bond acceptors (Lipinski definition) is 5. The van der Waals surface area contributed by atoms with Crippen molar-refractivity contribution in [2.45, 2.75) is 51.2 Å². The molecule has 3 aromatic rings. The lowest BCUT2D eigenvalue weighted by Gasteiger charge is -2.39. The highest BCUT2D eigenvalue weighted by Gasteiger charge is 2.39. The number of nitrogens with zero attached hydrogens (tertiary/aromatic N) is 4. The van der Waals surface area contributed by atoms with Crippen LogP contribution < -0.4 is 0 Å². The van der Waals surface area contributed by atoms with Crippen molar-refractivity contribution in [3.05, 3.63) is 69.7 Å². The standard InChI is InChI=1S/C27H27F3N4O3/c1-4-17-12-19-15(13-31-17)6-5-7-23(19)34-9-8-18-20(24-22(27(28,29)30)14-33(2)32-24)10-16(26(36)37-3)11-21(18)25(34)35/h10-14,23H,4-9H2,1-3H3/t23-/m0/s1. The number of carbonyl (C=O) groups is 2. The molecule has 1 atom stereocenters. The van der Waals surface area contributed by atoms with Gasteiger partial charge in [0.2, 0.25) is 0 Å². The minimum Gasteiger partial charge on any atom is -0.465 e. The highest BCUT2D eigenvalue weighted by Crippen LogP contribution is 2.42. The Morgan fingerprint density at radius 3 is 2.65 bits per heavy atom. The Morgan fingerprint density at radius 1 is 1.19 bits per heavy atom. The molecule has 0 saturated heterocycles. The molecule has 0 fully saturated rings. The molecule has 1 amide bonds. The van der Waals surface area contributed by atoms with Gasteiger partial charge in [-0.25, -0.2) is 4.79 Å². The Bertz CT molecular complexity index is 1400. The van der Waals surface area contributed by atoms with Crippen LogP contribution in [0.15, 0.2) is 30.6 Å². The summed E-state index contributed by atoms with van der Waals surface area (Å²) < 4.78 is 47.5. The third-order valence-corrected chi connectivity index (χ3v) is 7.25. The summed E-state index contributed by atoms with van der Waals surface area (Å²) in [4.78, 5) is 32.7. The van der Waals surface area contributed by atoms with Crippen molar-refractivity contribution in [1.82, 2.24) is 19.7 Å². The van der Waals surface area contributed by atoms with Gasteiger partial charge in [0.15, 0.2) is 0 Å². The average Bonchev–Trinajstić information content (AvgIpc) is 3.29. The summed E-state index contributed by atoms with van der Waals surface area (Å²) in [7, 11) is 2.60. The zero-order valence-corrected chi connectivity index (χ0v) is 20.9. The first-order valence-electron chi connectivity index (χ1n) is 12.3. The molecule has 2 aliphatic rings. The number of pyridine rings is 1. The molecule has 5 rings (SSSR count). The molecule has 0 bridgehead atoms. The number of ether oxygens (including phenoxy) is 1. The zero-order chi connectivity index (χ0) is 26.5. The molecule has 0 spiro atoms. The topological polar surface area (TPSA) is 77.3 Å². The predicted molar refractivity (Wildman–Crippen MR) is 129 cm³/mol. The lowest BCUT2D eigenvalue weighted by molar-refractivity contribution is -0.137. The van der Waals surface area contributed by atoms with E-state index in [2.05, 4.69) is 16.1 Å². The normalized spacial score (nSPS) is 17.4. The van der Waals surface area contributed by atoms with Crippen LogP contribution in [0.25, 0.3) is 11.3 Å². The SMILES string of the molecule is CCc1cc2c(cn1)CCC[C@@H]2N1CCc2c(cc(C(=O)OC)cc2-c2nn(C)cc2C(F)(F)F)C1=O. The minimum atomic E-state index is -4.65. The molecule has 0 N–H and O–H groups in total. The Labute approximate surface area is 212 Å². The van der Waals surface area contributed by atoms with Crippen LogP contribution in [-0.2, 0) is 37.2 Å². The zero-order valence-electron chi connectivity index (χ0n) is 20.9. The highest BCUT2D eigenvalue weighted by molar-refractivity contribution is 6.02. The van der Waals surface area contributed by atoms with Crippen molar-refractivity contribution in [2.75, 3.05) is 13.7 Å². The fraction of sp³-hybridized carbons (Fsp3) is 0.407. The third kappa shape index (κ3) is 4.38. The minimum absolute atomic E-state index is 0.00624. The summed E-state index contributed by atoms with van der Waals surface area (Å²) >= 11 is 0. The number of aryl methyl sites for hydroxylation is 3. The van der Waals surface area contributed by atoms with E-state index in [1.165, 1.54) is 26.3 Å². The fourth-order valence-corrected chi connectivity index (χ4v) is 5.48. The maximum atomic E-state index is 13.9. The lowest BCUT2D eigenvalue weighted by atomic mass is 9.84. The van der Waals surface area contributed by atoms with Gasteiger partial charge < -0.3 is 9.64 Å². The van der Waals surface area contributed by atoms with Crippen molar-refractivity contribution in [2.24, 2.45) is 7.05 Å². The van der Waals surface area contributed by atoms with Gasteiger partial charge in [-0.1, -0.05) is 6.92 Å². The first kappa shape index (κ1) is 25.0. The van der Waals surface area contributed by atoms with E-state index in [1.807, 2.05) is 13.1 Å². The number of amides is 1. The Kier molecular flexibility index (Phi) is 6.29. The maximum Gasteiger partial charge on any atom is 0.420 e. The summed E-state index contributed by atoms with van der Waals surface area (Å²) in [6.45, 7) is 2.37. The average molecular weight is 513 g/mol. The molecular formula is C27H27F3N4O3. The molecular weight excluding hydrogens is 485 g/mol. The molecule has 1 aromatic carbocycles. The van der Waals surface area contributed by atoms with Crippen LogP contribution in [0, 0.1) is 0 Å². The fourth-order valence-electron chi connectivity index (χ4n) is 5.48. The molecule has 10 heteroatoms. The van der Waals surface area contributed by atoms with Gasteiger partial charge in [-0.15, -0.1) is 0 Å². The number of hydrogen-bond donors (Lipinski definition) is 0. The van der Waals surface area contributed by atoms with Gasteiger partial charge in [0.05, 0.1) is 18.7 Å². The van der Waals surface area contributed by atoms with Crippen LogP contribution in [0.5, 0.6) is 0 Å². The van der Waals surface area contributed by atoms with Crippen LogP contribution in [0.1, 0.15) is 74.5 Å². The van der Waals surface area contributed by atoms with Gasteiger partial charge in [0, 0.05) is 42.8 Å². The number of carbonyl (C=O) groups excluding carboxylic acids is 2. The van der Waals surface area contributed by atoms with E-state index in [-0.39, 0.29) is 34.3 Å². The molecule has 0 radical (unpaired) electrons. The lowest BCUT2D eigenvalue weighted by Crippen LogP contribution is -2.42. The second-order valence-corrected chi connectivity index (χ2v) is 9.49. The quantitative estimate of drug-likeness (QED) is 0.464. The molecule has 2 aromatic heterocycles. The first-order chi connectivity index (χ1) is 17.6. The monoisotopic (exact) mass is 512 g/mol. The van der Waals surface area contributed by atoms with Crippen molar-refractivity contribution in [3.63, 3.8) is 0 Å². The number of fused-ring (bicyclic) bond motifs is 2. The molecule has 1 aliphatic carbocycles. The van der Waals surface area contributed by atoms with Gasteiger partial charge in [-0.3, -0.25) is 14.5 Å². The largest absolute Gasteiger partial charge is 0.465 e. The van der Waals surface area contributed by atoms with E-state index in [9.17, 15) is 22.8 Å². The van der Waals surface area contributed by atoms with E-state index in [1.54, 1.807) is 4.90 Å². The highest BCUT2D eigenvalue weighted by atomic mass is 19.4. The Morgan fingerprint density at radius 2 is 1.95 bits per heavy atom. The number of benzene rings is 1. The molecule has 3 heterocycles. The van der Waals surface area contributed by atoms with Gasteiger partial charge in [0.1, 0.15) is 11.3 Å². The van der Waals surface area contributed by atoms with Crippen molar-refractivity contribution < 1.29 is 27.5 Å². The van der Waals surface area contributed by atoms with Gasteiger partial charge in [0.25, 0.3) is 5.91 Å². The van der Waals surface area contributed by atoms with Gasteiger partial charge in [-0.05, 0) is 67.0 Å². The summed E-state index contributed by atoms with van der Waals surface area (Å²) in [5.74, 6) is -1.05. The van der Waals surface area contributed by atoms with Crippen molar-refractivity contribution >= 4 is 11.9 Å². The Hall–Kier alpha value is -3.69. The van der Waals surface area contributed by atoms with Crippen LogP contribution in [0.3, 0.4) is 0 Å². The second-order valence-electron chi connectivity index (χ2n) is 9.49. The molecule has 194 valence electrons. The van der Waals surface area contributed by atoms with E-state index in [0.717, 1.165) is 53.4 Å². The van der Waals surface area contributed by atoms with Crippen LogP contribution >= 0.6 is 0 Å². The number of halogens is 3. The van der Waals surface area contributed by atoms with Crippen LogP contribution in [0.2, 0.25) is 0 Å². The van der Waals surface area contributed by atoms with Crippen LogP contribution in [0.4, 0.5) is 13.2 Å². The summed E-state index contributed by atoms with van der Waals surface area (Å²) in [5.41, 5.74) is 2.70. The van der Waals surface area contributed by atoms with E-state index in [4.69, 9.17) is 4.74 Å². The number of aromatic nitrogens is 3. The second kappa shape index (κ2) is 9.32. The van der Waals surface area contributed by atoms with Crippen molar-refractivity contribution in [3.8, 4) is 11.3 Å². The summed E-state index contributed by atoms with van der Waals surface area (Å²) in [6, 6.07) is 4.68. The van der Waals surface area contributed by atoms with Crippen molar-refractivity contribution in [1.29, 1.82) is 0 Å². The third-order valence-electron chi connectivity index (χ3n) is 7.25. The van der Waals surface area contributed by atoms with E-state index < -0.39 is 17.7 Å². The smallest absolute Gasteiger partial charge is 0.420 e. The predicted octanol–water partition coefficient (Wildman–Crippen LogP) is 4.93. The molecule has 1 aliphatic heterocycles. The molecule has 0 saturated carbocycles. The van der Waals surface area contributed by atoms with Gasteiger partial charge in [-0.2, -0.15) is 18.3 Å². The number of methoxy groups -OCH3 is 1. The van der Waals surface area contributed by atoms with Gasteiger partial charge >= 0.3 is 12.1 Å². The Balaban J connectivity index is 1.64. The number of rotatable bonds is 4. The summed E-state index contributed by atoms with van der Waals surface area (Å²) in [5, 5.41) is 4.08. The van der Waals surface area contributed by atoms with E-state index in [0.29, 0.717) is 18.5 Å². The first-order valence-corrected chi connectivity index (χ1v) is 12.3. The molecule has 0 unspecified atom stereocenters. The summed E-state index contributed by atoms with van der Waals surface area (Å²) in [6.07, 6.45) is 1.81. The number of alkyl halides is 3. The molecule has 7 nitrogen and oxygen atoms in total. The number of esters is 1. The maximum absolute atomic E-state index is 13.9. The van der Waals surface area contributed by atoms with E-state index >= 15 is 0 Å².